The molecular formula is C15H20N4O6. The van der Waals surface area contributed by atoms with Gasteiger partial charge in [0.25, 0.3) is 5.69 Å². The zero-order chi connectivity index (χ0) is 18.4. The molecule has 10 nitrogen and oxygen atoms in total. The number of nitro groups is 1. The van der Waals surface area contributed by atoms with E-state index in [1.807, 2.05) is 4.90 Å². The van der Waals surface area contributed by atoms with E-state index in [-0.39, 0.29) is 23.7 Å². The van der Waals surface area contributed by atoms with Crippen molar-refractivity contribution >= 4 is 23.2 Å². The van der Waals surface area contributed by atoms with Gasteiger partial charge in [0.2, 0.25) is 0 Å². The van der Waals surface area contributed by atoms with Crippen LogP contribution in [0, 0.1) is 10.1 Å². The van der Waals surface area contributed by atoms with Gasteiger partial charge in [-0.3, -0.25) is 24.6 Å². The van der Waals surface area contributed by atoms with E-state index in [2.05, 4.69) is 5.32 Å². The number of piperazine rings is 1. The predicted octanol–water partition coefficient (Wildman–Crippen LogP) is -0.322. The van der Waals surface area contributed by atoms with Crippen molar-refractivity contribution in [1.29, 1.82) is 0 Å². The highest BCUT2D eigenvalue weighted by atomic mass is 16.6. The lowest BCUT2D eigenvalue weighted by molar-refractivity contribution is -0.384. The van der Waals surface area contributed by atoms with Crippen LogP contribution in [-0.4, -0.2) is 78.1 Å². The van der Waals surface area contributed by atoms with Gasteiger partial charge in [-0.05, 0) is 6.07 Å². The van der Waals surface area contributed by atoms with E-state index in [1.54, 1.807) is 0 Å². The van der Waals surface area contributed by atoms with Crippen LogP contribution in [0.3, 0.4) is 0 Å². The smallest absolute Gasteiger partial charge is 0.314 e. The Hall–Kier alpha value is -2.72. The molecule has 2 N–H and O–H groups in total. The number of amides is 2. The third kappa shape index (κ3) is 4.64. The third-order valence-corrected chi connectivity index (χ3v) is 3.91. The lowest BCUT2D eigenvalue weighted by Crippen LogP contribution is -2.52. The normalized spacial score (nSPS) is 14.9. The van der Waals surface area contributed by atoms with Gasteiger partial charge in [-0.1, -0.05) is 0 Å². The summed E-state index contributed by atoms with van der Waals surface area (Å²) in [7, 11) is 1.32. The number of aliphatic hydroxyl groups excluding tert-OH is 1. The summed E-state index contributed by atoms with van der Waals surface area (Å²) in [6.07, 6.45) is 0. The van der Waals surface area contributed by atoms with Crippen LogP contribution < -0.4 is 10.1 Å². The van der Waals surface area contributed by atoms with Crippen LogP contribution in [0.25, 0.3) is 0 Å². The first-order valence-corrected chi connectivity index (χ1v) is 7.72. The highest BCUT2D eigenvalue weighted by Gasteiger charge is 2.26. The van der Waals surface area contributed by atoms with Gasteiger partial charge in [-0.15, -0.1) is 0 Å². The standard InChI is InChI=1S/C15H20N4O6/c1-25-13-10-11(19(23)24)2-3-12(13)16-14(21)15(22)18-6-4-17(5-7-18)8-9-20/h2-3,10,20H,4-9H2,1H3,(H,16,21). The van der Waals surface area contributed by atoms with E-state index in [0.29, 0.717) is 32.7 Å². The minimum absolute atomic E-state index is 0.0500. The fraction of sp³-hybridized carbons (Fsp3) is 0.467. The maximum atomic E-state index is 12.2. The van der Waals surface area contributed by atoms with Crippen molar-refractivity contribution in [1.82, 2.24) is 9.80 Å². The van der Waals surface area contributed by atoms with E-state index in [1.165, 1.54) is 30.2 Å². The second kappa shape index (κ2) is 8.40. The Morgan fingerprint density at radius 1 is 1.32 bits per heavy atom. The predicted molar refractivity (Wildman–Crippen MR) is 88.4 cm³/mol. The molecule has 25 heavy (non-hydrogen) atoms. The molecule has 0 aliphatic carbocycles. The van der Waals surface area contributed by atoms with Crippen LogP contribution in [0.1, 0.15) is 0 Å². The topological polar surface area (TPSA) is 125 Å². The molecule has 1 fully saturated rings. The van der Waals surface area contributed by atoms with Crippen molar-refractivity contribution in [2.24, 2.45) is 0 Å². The summed E-state index contributed by atoms with van der Waals surface area (Å²) in [5.74, 6) is -1.41. The number of ether oxygens (including phenoxy) is 1. The van der Waals surface area contributed by atoms with Crippen LogP contribution >= 0.6 is 0 Å². The number of rotatable bonds is 5. The van der Waals surface area contributed by atoms with E-state index >= 15 is 0 Å². The maximum Gasteiger partial charge on any atom is 0.314 e. The first kappa shape index (κ1) is 18.6. The molecule has 2 amide bonds. The zero-order valence-electron chi connectivity index (χ0n) is 13.8. The number of methoxy groups -OCH3 is 1. The second-order valence-corrected chi connectivity index (χ2v) is 5.45. The summed E-state index contributed by atoms with van der Waals surface area (Å²) in [6.45, 7) is 2.54. The maximum absolute atomic E-state index is 12.2. The molecule has 0 saturated carbocycles. The monoisotopic (exact) mass is 352 g/mol. The molecule has 0 atom stereocenters. The Kier molecular flexibility index (Phi) is 6.25. The van der Waals surface area contributed by atoms with Crippen LogP contribution in [0.2, 0.25) is 0 Å². The van der Waals surface area contributed by atoms with E-state index in [0.717, 1.165) is 0 Å². The largest absolute Gasteiger partial charge is 0.494 e. The average molecular weight is 352 g/mol. The minimum atomic E-state index is -0.831. The number of benzene rings is 1. The molecule has 0 aromatic heterocycles. The molecule has 1 aromatic carbocycles. The first-order valence-electron chi connectivity index (χ1n) is 7.72. The number of anilines is 1. The SMILES string of the molecule is COc1cc([N+](=O)[O-])ccc1NC(=O)C(=O)N1CCN(CCO)CC1. The molecule has 1 saturated heterocycles. The molecule has 10 heteroatoms. The molecule has 0 unspecified atom stereocenters. The fourth-order valence-electron chi connectivity index (χ4n) is 2.53. The molecule has 136 valence electrons. The number of carbonyl (C=O) groups excluding carboxylic acids is 2. The Bertz CT molecular complexity index is 657. The van der Waals surface area contributed by atoms with Gasteiger partial charge in [0, 0.05) is 38.8 Å². The van der Waals surface area contributed by atoms with Crippen LogP contribution in [-0.2, 0) is 9.59 Å². The van der Waals surface area contributed by atoms with Gasteiger partial charge in [0.05, 0.1) is 30.4 Å². The molecule has 2 rings (SSSR count). The summed E-state index contributed by atoms with van der Waals surface area (Å²) in [5, 5.41) is 22.1. The number of hydrogen-bond acceptors (Lipinski definition) is 7. The van der Waals surface area contributed by atoms with Crippen LogP contribution in [0.4, 0.5) is 11.4 Å². The molecular weight excluding hydrogens is 332 g/mol. The Balaban J connectivity index is 2.00. The number of hydrogen-bond donors (Lipinski definition) is 2. The number of nitrogens with one attached hydrogen (secondary N) is 1. The Morgan fingerprint density at radius 2 is 2.00 bits per heavy atom. The minimum Gasteiger partial charge on any atom is -0.494 e. The number of nitrogens with zero attached hydrogens (tertiary/aromatic N) is 3. The number of non-ortho nitro benzene ring substituents is 1. The van der Waals surface area contributed by atoms with Gasteiger partial charge in [0.1, 0.15) is 5.75 Å². The Labute approximate surface area is 144 Å². The van der Waals surface area contributed by atoms with Gasteiger partial charge < -0.3 is 20.1 Å². The van der Waals surface area contributed by atoms with Crippen molar-refractivity contribution in [2.75, 3.05) is 51.8 Å². The summed E-state index contributed by atoms with van der Waals surface area (Å²) in [6, 6.07) is 3.71. The van der Waals surface area contributed by atoms with Crippen molar-refractivity contribution in [3.8, 4) is 5.75 Å². The molecule has 1 aromatic rings. The van der Waals surface area contributed by atoms with Gasteiger partial charge in [-0.2, -0.15) is 0 Å². The lowest BCUT2D eigenvalue weighted by atomic mass is 10.2. The Morgan fingerprint density at radius 3 is 2.56 bits per heavy atom. The van der Waals surface area contributed by atoms with Gasteiger partial charge in [0.15, 0.2) is 0 Å². The van der Waals surface area contributed by atoms with Crippen LogP contribution in [0.5, 0.6) is 5.75 Å². The zero-order valence-corrected chi connectivity index (χ0v) is 13.8. The molecule has 0 spiro atoms. The van der Waals surface area contributed by atoms with Crippen molar-refractivity contribution in [3.63, 3.8) is 0 Å². The number of β-amino-alcohol motifs (C(OH)–C–C–N with tert-alkyl or cyclic N) is 1. The highest BCUT2D eigenvalue weighted by Crippen LogP contribution is 2.29. The van der Waals surface area contributed by atoms with E-state index in [9.17, 15) is 19.7 Å². The molecule has 1 heterocycles. The van der Waals surface area contributed by atoms with Crippen LogP contribution in [0.15, 0.2) is 18.2 Å². The third-order valence-electron chi connectivity index (χ3n) is 3.91. The molecule has 1 aliphatic heterocycles. The number of aliphatic hydroxyl groups is 1. The fourth-order valence-corrected chi connectivity index (χ4v) is 2.53. The van der Waals surface area contributed by atoms with E-state index < -0.39 is 16.7 Å². The number of nitro benzene ring substituents is 1. The lowest BCUT2D eigenvalue weighted by Gasteiger charge is -2.33. The van der Waals surface area contributed by atoms with Crippen molar-refractivity contribution in [3.05, 3.63) is 28.3 Å². The molecule has 0 bridgehead atoms. The second-order valence-electron chi connectivity index (χ2n) is 5.45. The molecule has 1 aliphatic rings. The summed E-state index contributed by atoms with van der Waals surface area (Å²) >= 11 is 0. The molecule has 0 radical (unpaired) electrons. The first-order chi connectivity index (χ1) is 12.0. The summed E-state index contributed by atoms with van der Waals surface area (Å²) in [5.41, 5.74) is 0.00606. The summed E-state index contributed by atoms with van der Waals surface area (Å²) < 4.78 is 5.03. The summed E-state index contributed by atoms with van der Waals surface area (Å²) in [4.78, 5) is 38.0. The van der Waals surface area contributed by atoms with Gasteiger partial charge in [-0.25, -0.2) is 0 Å². The quantitative estimate of drug-likeness (QED) is 0.422. The number of carbonyl (C=O) groups is 2. The van der Waals surface area contributed by atoms with Crippen molar-refractivity contribution in [2.45, 2.75) is 0 Å². The van der Waals surface area contributed by atoms with E-state index in [4.69, 9.17) is 9.84 Å². The van der Waals surface area contributed by atoms with Gasteiger partial charge >= 0.3 is 11.8 Å². The highest BCUT2D eigenvalue weighted by molar-refractivity contribution is 6.39. The van der Waals surface area contributed by atoms with Crippen molar-refractivity contribution < 1.29 is 24.4 Å². The average Bonchev–Trinajstić information content (AvgIpc) is 2.62.